The van der Waals surface area contributed by atoms with Crippen molar-refractivity contribution in [2.24, 2.45) is 0 Å². The van der Waals surface area contributed by atoms with Crippen LogP contribution in [0.5, 0.6) is 11.5 Å². The van der Waals surface area contributed by atoms with Crippen LogP contribution in [0.3, 0.4) is 0 Å². The van der Waals surface area contributed by atoms with E-state index in [1.807, 2.05) is 61.7 Å². The molecule has 1 heterocycles. The van der Waals surface area contributed by atoms with Gasteiger partial charge in [0.1, 0.15) is 0 Å². The molecule has 150 valence electrons. The Hall–Kier alpha value is -3.12. The van der Waals surface area contributed by atoms with E-state index >= 15 is 0 Å². The van der Waals surface area contributed by atoms with Gasteiger partial charge in [0.05, 0.1) is 19.4 Å². The smallest absolute Gasteiger partial charge is 0.250 e. The van der Waals surface area contributed by atoms with Crippen molar-refractivity contribution < 1.29 is 14.3 Å². The minimum absolute atomic E-state index is 0.236. The fourth-order valence-electron chi connectivity index (χ4n) is 2.63. The van der Waals surface area contributed by atoms with Crippen molar-refractivity contribution in [2.45, 2.75) is 20.3 Å². The molecule has 0 bridgehead atoms. The Kier molecular flexibility index (Phi) is 7.03. The molecular weight excluding hydrogens is 384 g/mol. The second kappa shape index (κ2) is 9.89. The fraction of sp³-hybridized carbons (Fsp3) is 0.217. The summed E-state index contributed by atoms with van der Waals surface area (Å²) in [4.78, 5) is 16.7. The van der Waals surface area contributed by atoms with Gasteiger partial charge in [-0.05, 0) is 37.1 Å². The van der Waals surface area contributed by atoms with Crippen LogP contribution in [0.4, 0.5) is 5.13 Å². The van der Waals surface area contributed by atoms with Gasteiger partial charge in [0, 0.05) is 17.0 Å². The normalized spacial score (nSPS) is 10.9. The summed E-state index contributed by atoms with van der Waals surface area (Å²) >= 11 is 1.40. The van der Waals surface area contributed by atoms with Crippen molar-refractivity contribution in [3.05, 3.63) is 65.0 Å². The Balaban J connectivity index is 1.63. The average Bonchev–Trinajstić information content (AvgIpc) is 3.19. The van der Waals surface area contributed by atoms with E-state index in [1.54, 1.807) is 13.2 Å². The molecule has 0 aliphatic heterocycles. The molecule has 0 spiro atoms. The summed E-state index contributed by atoms with van der Waals surface area (Å²) in [6.07, 6.45) is 4.14. The van der Waals surface area contributed by atoms with Gasteiger partial charge in [-0.25, -0.2) is 4.98 Å². The molecule has 29 heavy (non-hydrogen) atoms. The summed E-state index contributed by atoms with van der Waals surface area (Å²) in [6.45, 7) is 4.73. The van der Waals surface area contributed by atoms with Gasteiger partial charge in [0.2, 0.25) is 5.91 Å². The number of ether oxygens (including phenoxy) is 2. The molecule has 1 N–H and O–H groups in total. The van der Waals surface area contributed by atoms with E-state index in [4.69, 9.17) is 9.47 Å². The zero-order chi connectivity index (χ0) is 20.6. The highest BCUT2D eigenvalue weighted by molar-refractivity contribution is 7.14. The second-order valence-electron chi connectivity index (χ2n) is 6.49. The number of hydrogen-bond acceptors (Lipinski definition) is 5. The first-order valence-corrected chi connectivity index (χ1v) is 10.3. The first kappa shape index (κ1) is 20.6. The van der Waals surface area contributed by atoms with Crippen molar-refractivity contribution in [2.75, 3.05) is 19.0 Å². The molecule has 0 atom stereocenters. The molecule has 0 saturated heterocycles. The number of aryl methyl sites for hydroxylation is 1. The zero-order valence-corrected chi connectivity index (χ0v) is 17.6. The third kappa shape index (κ3) is 5.68. The third-order valence-corrected chi connectivity index (χ3v) is 4.92. The monoisotopic (exact) mass is 408 g/mol. The molecule has 3 rings (SSSR count). The number of aromatic nitrogens is 1. The van der Waals surface area contributed by atoms with Crippen LogP contribution in [0.15, 0.2) is 53.9 Å². The Morgan fingerprint density at radius 2 is 1.97 bits per heavy atom. The number of benzene rings is 2. The molecule has 0 radical (unpaired) electrons. The van der Waals surface area contributed by atoms with E-state index in [2.05, 4.69) is 10.3 Å². The van der Waals surface area contributed by atoms with Crippen LogP contribution in [0.2, 0.25) is 0 Å². The standard InChI is InChI=1S/C23H24N2O3S/c1-4-13-28-20-11-7-17(14-21(20)27-3)8-12-22(26)25-23-24-19(15-29-23)18-9-5-16(2)6-10-18/h5-12,14-15H,4,13H2,1-3H3,(H,24,25,26)/b12-8+. The number of methoxy groups -OCH3 is 1. The van der Waals surface area contributed by atoms with Crippen LogP contribution in [0.25, 0.3) is 17.3 Å². The molecule has 0 saturated carbocycles. The number of anilines is 1. The predicted molar refractivity (Wildman–Crippen MR) is 119 cm³/mol. The second-order valence-corrected chi connectivity index (χ2v) is 7.34. The van der Waals surface area contributed by atoms with E-state index in [1.165, 1.54) is 23.0 Å². The number of nitrogens with zero attached hydrogens (tertiary/aromatic N) is 1. The van der Waals surface area contributed by atoms with Gasteiger partial charge in [-0.3, -0.25) is 10.1 Å². The fourth-order valence-corrected chi connectivity index (χ4v) is 3.35. The van der Waals surface area contributed by atoms with Crippen molar-refractivity contribution in [1.29, 1.82) is 0 Å². The minimum Gasteiger partial charge on any atom is -0.493 e. The van der Waals surface area contributed by atoms with Crippen LogP contribution < -0.4 is 14.8 Å². The topological polar surface area (TPSA) is 60.5 Å². The quantitative estimate of drug-likeness (QED) is 0.495. The Morgan fingerprint density at radius 3 is 2.69 bits per heavy atom. The number of hydrogen-bond donors (Lipinski definition) is 1. The van der Waals surface area contributed by atoms with Crippen LogP contribution in [0.1, 0.15) is 24.5 Å². The minimum atomic E-state index is -0.236. The number of rotatable bonds is 8. The number of carbonyl (C=O) groups is 1. The molecule has 6 heteroatoms. The van der Waals surface area contributed by atoms with Gasteiger partial charge in [-0.2, -0.15) is 0 Å². The molecule has 0 unspecified atom stereocenters. The van der Waals surface area contributed by atoms with E-state index in [9.17, 15) is 4.79 Å². The van der Waals surface area contributed by atoms with Gasteiger partial charge in [0.15, 0.2) is 16.6 Å². The first-order chi connectivity index (χ1) is 14.1. The summed E-state index contributed by atoms with van der Waals surface area (Å²) in [5.41, 5.74) is 3.92. The summed E-state index contributed by atoms with van der Waals surface area (Å²) in [5.74, 6) is 1.10. The van der Waals surface area contributed by atoms with Crippen molar-refractivity contribution in [3.63, 3.8) is 0 Å². The Morgan fingerprint density at radius 1 is 1.17 bits per heavy atom. The van der Waals surface area contributed by atoms with Gasteiger partial charge >= 0.3 is 0 Å². The van der Waals surface area contributed by atoms with Crippen LogP contribution in [-0.4, -0.2) is 24.6 Å². The lowest BCUT2D eigenvalue weighted by atomic mass is 10.1. The Labute approximate surface area is 175 Å². The summed E-state index contributed by atoms with van der Waals surface area (Å²) in [5, 5.41) is 5.31. The predicted octanol–water partition coefficient (Wildman–Crippen LogP) is 5.57. The highest BCUT2D eigenvalue weighted by Gasteiger charge is 2.07. The van der Waals surface area contributed by atoms with Gasteiger partial charge in [0.25, 0.3) is 0 Å². The molecule has 1 aromatic heterocycles. The summed E-state index contributed by atoms with van der Waals surface area (Å²) in [7, 11) is 1.60. The average molecular weight is 409 g/mol. The lowest BCUT2D eigenvalue weighted by Crippen LogP contribution is -2.07. The molecular formula is C23H24N2O3S. The maximum atomic E-state index is 12.3. The molecule has 0 aliphatic rings. The van der Waals surface area contributed by atoms with E-state index < -0.39 is 0 Å². The highest BCUT2D eigenvalue weighted by atomic mass is 32.1. The molecule has 5 nitrogen and oxygen atoms in total. The van der Waals surface area contributed by atoms with E-state index in [0.29, 0.717) is 23.2 Å². The van der Waals surface area contributed by atoms with Crippen molar-refractivity contribution >= 4 is 28.5 Å². The van der Waals surface area contributed by atoms with Gasteiger partial charge < -0.3 is 9.47 Å². The molecule has 0 fully saturated rings. The molecule has 0 aliphatic carbocycles. The lowest BCUT2D eigenvalue weighted by molar-refractivity contribution is -0.111. The van der Waals surface area contributed by atoms with E-state index in [0.717, 1.165) is 23.2 Å². The highest BCUT2D eigenvalue weighted by Crippen LogP contribution is 2.29. The number of nitrogens with one attached hydrogen (secondary N) is 1. The largest absolute Gasteiger partial charge is 0.493 e. The zero-order valence-electron chi connectivity index (χ0n) is 16.8. The number of thiazole rings is 1. The SMILES string of the molecule is CCCOc1ccc(/C=C/C(=O)Nc2nc(-c3ccc(C)cc3)cs2)cc1OC. The maximum absolute atomic E-state index is 12.3. The maximum Gasteiger partial charge on any atom is 0.250 e. The third-order valence-electron chi connectivity index (χ3n) is 4.16. The van der Waals surface area contributed by atoms with Gasteiger partial charge in [-0.1, -0.05) is 42.8 Å². The number of carbonyl (C=O) groups excluding carboxylic acids is 1. The first-order valence-electron chi connectivity index (χ1n) is 9.41. The van der Waals surface area contributed by atoms with Gasteiger partial charge in [-0.15, -0.1) is 11.3 Å². The Bertz CT molecular complexity index is 994. The lowest BCUT2D eigenvalue weighted by Gasteiger charge is -2.10. The van der Waals surface area contributed by atoms with E-state index in [-0.39, 0.29) is 5.91 Å². The summed E-state index contributed by atoms with van der Waals surface area (Å²) < 4.78 is 11.0. The van der Waals surface area contributed by atoms with Crippen LogP contribution >= 0.6 is 11.3 Å². The molecule has 2 aromatic carbocycles. The molecule has 1 amide bonds. The summed E-state index contributed by atoms with van der Waals surface area (Å²) in [6, 6.07) is 13.7. The van der Waals surface area contributed by atoms with Crippen LogP contribution in [0, 0.1) is 6.92 Å². The number of amides is 1. The van der Waals surface area contributed by atoms with Crippen molar-refractivity contribution in [1.82, 2.24) is 4.98 Å². The van der Waals surface area contributed by atoms with Crippen molar-refractivity contribution in [3.8, 4) is 22.8 Å². The van der Waals surface area contributed by atoms with Crippen LogP contribution in [-0.2, 0) is 4.79 Å². The molecule has 3 aromatic rings.